The van der Waals surface area contributed by atoms with Gasteiger partial charge in [0.1, 0.15) is 11.5 Å². The summed E-state index contributed by atoms with van der Waals surface area (Å²) in [6, 6.07) is 4.23. The van der Waals surface area contributed by atoms with Crippen molar-refractivity contribution in [3.63, 3.8) is 0 Å². The molecule has 1 saturated heterocycles. The van der Waals surface area contributed by atoms with Gasteiger partial charge in [0, 0.05) is 24.4 Å². The predicted molar refractivity (Wildman–Crippen MR) is 95.3 cm³/mol. The number of amides is 2. The quantitative estimate of drug-likeness (QED) is 0.881. The molecule has 0 radical (unpaired) electrons. The van der Waals surface area contributed by atoms with E-state index < -0.39 is 0 Å². The zero-order valence-corrected chi connectivity index (χ0v) is 15.4. The van der Waals surface area contributed by atoms with E-state index in [1.807, 2.05) is 37.8 Å². The van der Waals surface area contributed by atoms with Gasteiger partial charge in [-0.3, -0.25) is 0 Å². The van der Waals surface area contributed by atoms with E-state index in [-0.39, 0.29) is 18.1 Å². The van der Waals surface area contributed by atoms with Crippen molar-refractivity contribution in [3.8, 4) is 0 Å². The first-order valence-corrected chi connectivity index (χ1v) is 9.45. The largest absolute Gasteiger partial charge is 0.466 e. The fourth-order valence-corrected chi connectivity index (χ4v) is 3.85. The molecule has 130 valence electrons. The number of nitrogens with one attached hydrogen (secondary N) is 1. The second kappa shape index (κ2) is 7.38. The summed E-state index contributed by atoms with van der Waals surface area (Å²) >= 11 is 1.65. The van der Waals surface area contributed by atoms with Gasteiger partial charge >= 0.3 is 6.03 Å². The molecule has 2 aromatic heterocycles. The maximum Gasteiger partial charge on any atom is 0.318 e. The van der Waals surface area contributed by atoms with E-state index >= 15 is 0 Å². The molecule has 2 amide bonds. The molecule has 6 heteroatoms. The first-order chi connectivity index (χ1) is 11.5. The van der Waals surface area contributed by atoms with Gasteiger partial charge in [0.2, 0.25) is 0 Å². The molecule has 0 aromatic carbocycles. The summed E-state index contributed by atoms with van der Waals surface area (Å²) in [5.74, 6) is 1.91. The number of rotatable bonds is 5. The number of furan rings is 1. The van der Waals surface area contributed by atoms with Crippen LogP contribution in [-0.4, -0.2) is 28.5 Å². The van der Waals surface area contributed by atoms with Crippen molar-refractivity contribution in [1.29, 1.82) is 0 Å². The second-order valence-electron chi connectivity index (χ2n) is 6.54. The Bertz CT molecular complexity index is 694. The zero-order chi connectivity index (χ0) is 17.1. The van der Waals surface area contributed by atoms with Crippen LogP contribution in [0.5, 0.6) is 0 Å². The van der Waals surface area contributed by atoms with Gasteiger partial charge in [0.05, 0.1) is 16.7 Å². The summed E-state index contributed by atoms with van der Waals surface area (Å²) in [7, 11) is 0. The van der Waals surface area contributed by atoms with Crippen LogP contribution in [0.25, 0.3) is 0 Å². The molecule has 1 aliphatic rings. The van der Waals surface area contributed by atoms with Crippen LogP contribution in [-0.2, 0) is 6.42 Å². The van der Waals surface area contributed by atoms with E-state index in [4.69, 9.17) is 4.42 Å². The van der Waals surface area contributed by atoms with Crippen molar-refractivity contribution in [2.45, 2.75) is 58.5 Å². The van der Waals surface area contributed by atoms with Crippen LogP contribution in [0.4, 0.5) is 4.79 Å². The Hall–Kier alpha value is -1.82. The SMILES string of the molecule is Cc1ccc(CCC(C)NC(=O)N2CCCC2c2csc(C)n2)o1. The molecule has 2 aromatic rings. The van der Waals surface area contributed by atoms with Gasteiger partial charge in [-0.15, -0.1) is 11.3 Å². The minimum atomic E-state index is 0.0197. The number of urea groups is 1. The number of nitrogens with zero attached hydrogens (tertiary/aromatic N) is 2. The molecule has 1 fully saturated rings. The lowest BCUT2D eigenvalue weighted by Gasteiger charge is -2.25. The first kappa shape index (κ1) is 17.0. The maximum absolute atomic E-state index is 12.6. The number of aryl methyl sites for hydroxylation is 3. The number of aromatic nitrogens is 1. The average molecular weight is 347 g/mol. The number of carbonyl (C=O) groups excluding carboxylic acids is 1. The van der Waals surface area contributed by atoms with Crippen LogP contribution in [0.3, 0.4) is 0 Å². The molecule has 0 saturated carbocycles. The smallest absolute Gasteiger partial charge is 0.318 e. The molecule has 5 nitrogen and oxygen atoms in total. The maximum atomic E-state index is 12.6. The van der Waals surface area contributed by atoms with Crippen LogP contribution >= 0.6 is 11.3 Å². The molecule has 3 heterocycles. The lowest BCUT2D eigenvalue weighted by molar-refractivity contribution is 0.188. The Kier molecular flexibility index (Phi) is 5.23. The number of hydrogen-bond acceptors (Lipinski definition) is 4. The van der Waals surface area contributed by atoms with Gasteiger partial charge in [0.15, 0.2) is 0 Å². The molecule has 1 aliphatic heterocycles. The summed E-state index contributed by atoms with van der Waals surface area (Å²) in [4.78, 5) is 19.1. The molecule has 3 rings (SSSR count). The van der Waals surface area contributed by atoms with Crippen molar-refractivity contribution in [1.82, 2.24) is 15.2 Å². The average Bonchev–Trinajstić information content (AvgIpc) is 3.25. The second-order valence-corrected chi connectivity index (χ2v) is 7.61. The van der Waals surface area contributed by atoms with E-state index in [0.29, 0.717) is 0 Å². The van der Waals surface area contributed by atoms with Crippen molar-refractivity contribution in [2.75, 3.05) is 6.54 Å². The summed E-state index contributed by atoms with van der Waals surface area (Å²) in [5.41, 5.74) is 1.03. The third-order valence-corrected chi connectivity index (χ3v) is 5.27. The Morgan fingerprint density at radius 2 is 2.33 bits per heavy atom. The number of thiazole rings is 1. The van der Waals surface area contributed by atoms with Gasteiger partial charge < -0.3 is 14.6 Å². The van der Waals surface area contributed by atoms with Gasteiger partial charge in [0.25, 0.3) is 0 Å². The molecule has 0 aliphatic carbocycles. The summed E-state index contributed by atoms with van der Waals surface area (Å²) in [6.45, 7) is 6.80. The lowest BCUT2D eigenvalue weighted by Crippen LogP contribution is -2.43. The van der Waals surface area contributed by atoms with Crippen LogP contribution in [0.15, 0.2) is 21.9 Å². The van der Waals surface area contributed by atoms with Crippen LogP contribution in [0.2, 0.25) is 0 Å². The highest BCUT2D eigenvalue weighted by Gasteiger charge is 2.31. The third kappa shape index (κ3) is 3.98. The number of carbonyl (C=O) groups is 1. The fraction of sp³-hybridized carbons (Fsp3) is 0.556. The standard InChI is InChI=1S/C18H25N3O2S/c1-12(6-8-15-9-7-13(2)23-15)19-18(22)21-10-4-5-17(21)16-11-24-14(3)20-16/h7,9,11-12,17H,4-6,8,10H2,1-3H3,(H,19,22). The van der Waals surface area contributed by atoms with Gasteiger partial charge in [-0.1, -0.05) is 0 Å². The van der Waals surface area contributed by atoms with E-state index in [0.717, 1.165) is 54.5 Å². The summed E-state index contributed by atoms with van der Waals surface area (Å²) in [5, 5.41) is 6.26. The highest BCUT2D eigenvalue weighted by molar-refractivity contribution is 7.09. The Morgan fingerprint density at radius 3 is 3.00 bits per heavy atom. The van der Waals surface area contributed by atoms with Gasteiger partial charge in [-0.2, -0.15) is 0 Å². The van der Waals surface area contributed by atoms with Crippen LogP contribution in [0.1, 0.15) is 54.5 Å². The summed E-state index contributed by atoms with van der Waals surface area (Å²) in [6.07, 6.45) is 3.74. The summed E-state index contributed by atoms with van der Waals surface area (Å²) < 4.78 is 5.59. The minimum Gasteiger partial charge on any atom is -0.466 e. The topological polar surface area (TPSA) is 58.4 Å². The van der Waals surface area contributed by atoms with Gasteiger partial charge in [-0.25, -0.2) is 9.78 Å². The monoisotopic (exact) mass is 347 g/mol. The van der Waals surface area contributed by atoms with Crippen molar-refractivity contribution < 1.29 is 9.21 Å². The Labute approximate surface area is 147 Å². The van der Waals surface area contributed by atoms with E-state index in [2.05, 4.69) is 15.7 Å². The highest BCUT2D eigenvalue weighted by Crippen LogP contribution is 2.32. The molecule has 0 bridgehead atoms. The Morgan fingerprint density at radius 1 is 1.50 bits per heavy atom. The Balaban J connectivity index is 1.53. The van der Waals surface area contributed by atoms with Crippen LogP contribution < -0.4 is 5.32 Å². The third-order valence-electron chi connectivity index (χ3n) is 4.48. The van der Waals surface area contributed by atoms with E-state index in [9.17, 15) is 4.79 Å². The molecule has 1 N–H and O–H groups in total. The molecular formula is C18H25N3O2S. The number of likely N-dealkylation sites (tertiary alicyclic amines) is 1. The normalized spacial score (nSPS) is 18.8. The molecule has 0 spiro atoms. The van der Waals surface area contributed by atoms with Crippen molar-refractivity contribution in [3.05, 3.63) is 39.7 Å². The lowest BCUT2D eigenvalue weighted by atomic mass is 10.1. The first-order valence-electron chi connectivity index (χ1n) is 8.57. The van der Waals surface area contributed by atoms with Crippen molar-refractivity contribution >= 4 is 17.4 Å². The molecular weight excluding hydrogens is 322 g/mol. The van der Waals surface area contributed by atoms with Gasteiger partial charge in [-0.05, 0) is 52.2 Å². The molecule has 2 atom stereocenters. The molecule has 24 heavy (non-hydrogen) atoms. The minimum absolute atomic E-state index is 0.0197. The zero-order valence-electron chi connectivity index (χ0n) is 14.5. The van der Waals surface area contributed by atoms with E-state index in [1.54, 1.807) is 11.3 Å². The van der Waals surface area contributed by atoms with E-state index in [1.165, 1.54) is 0 Å². The van der Waals surface area contributed by atoms with Crippen LogP contribution in [0, 0.1) is 13.8 Å². The highest BCUT2D eigenvalue weighted by atomic mass is 32.1. The number of hydrogen-bond donors (Lipinski definition) is 1. The molecule has 2 unspecified atom stereocenters. The fourth-order valence-electron chi connectivity index (χ4n) is 3.19. The van der Waals surface area contributed by atoms with Crippen molar-refractivity contribution in [2.24, 2.45) is 0 Å². The predicted octanol–water partition coefficient (Wildman–Crippen LogP) is 4.22.